The van der Waals surface area contributed by atoms with Crippen molar-refractivity contribution in [3.8, 4) is 0 Å². The Kier molecular flexibility index (Phi) is 3.75. The summed E-state index contributed by atoms with van der Waals surface area (Å²) in [5.41, 5.74) is -0.416. The summed E-state index contributed by atoms with van der Waals surface area (Å²) in [5.74, 6) is 0. The van der Waals surface area contributed by atoms with Crippen LogP contribution in [0.1, 0.15) is 0 Å². The number of benzene rings is 1. The van der Waals surface area contributed by atoms with Crippen LogP contribution in [0.4, 0.5) is 0 Å². The van der Waals surface area contributed by atoms with Crippen molar-refractivity contribution >= 4 is 46.9 Å². The highest BCUT2D eigenvalue weighted by atomic mass is 35.5. The molecule has 0 radical (unpaired) electrons. The normalized spacial score (nSPS) is 10.3. The zero-order valence-corrected chi connectivity index (χ0v) is 11.0. The maximum absolute atomic E-state index is 11.1. The van der Waals surface area contributed by atoms with Crippen molar-refractivity contribution in [3.05, 3.63) is 43.7 Å². The Morgan fingerprint density at radius 2 is 2.06 bits per heavy atom. The lowest BCUT2D eigenvalue weighted by Crippen LogP contribution is -2.08. The Balaban J connectivity index is 2.30. The minimum Gasteiger partial charge on any atom is -0.288 e. The number of hydrogen-bond acceptors (Lipinski definition) is 5. The highest BCUT2D eigenvalue weighted by Crippen LogP contribution is 2.28. The fourth-order valence-corrected chi connectivity index (χ4v) is 3.31. The summed E-state index contributed by atoms with van der Waals surface area (Å²) in [6.07, 6.45) is 0. The highest BCUT2D eigenvalue weighted by molar-refractivity contribution is 8.01. The summed E-state index contributed by atoms with van der Waals surface area (Å²) in [6.45, 7) is 0. The molecule has 7 heteroatoms. The molecule has 0 atom stereocenters. The highest BCUT2D eigenvalue weighted by Gasteiger charge is 2.01. The van der Waals surface area contributed by atoms with E-state index >= 15 is 0 Å². The van der Waals surface area contributed by atoms with Gasteiger partial charge in [0.2, 0.25) is 0 Å². The summed E-state index contributed by atoms with van der Waals surface area (Å²) in [5, 5.41) is 0.677. The molecule has 82 valence electrons. The van der Waals surface area contributed by atoms with E-state index in [9.17, 15) is 4.79 Å². The first kappa shape index (κ1) is 11.8. The predicted molar refractivity (Wildman–Crippen MR) is 69.1 cm³/mol. The van der Waals surface area contributed by atoms with Gasteiger partial charge in [-0.3, -0.25) is 4.98 Å². The molecule has 0 aliphatic rings. The van der Waals surface area contributed by atoms with E-state index in [2.05, 4.69) is 9.97 Å². The molecule has 0 saturated heterocycles. The molecular weight excluding hydrogens is 284 g/mol. The second-order valence-corrected chi connectivity index (χ2v) is 6.18. The van der Waals surface area contributed by atoms with E-state index in [1.165, 1.54) is 23.1 Å². The van der Waals surface area contributed by atoms with E-state index in [1.54, 1.807) is 12.1 Å². The van der Waals surface area contributed by atoms with Gasteiger partial charge in [0.15, 0.2) is 8.29 Å². The Labute approximate surface area is 110 Å². The van der Waals surface area contributed by atoms with Crippen LogP contribution in [-0.4, -0.2) is 9.97 Å². The number of aromatic amines is 1. The largest absolute Gasteiger partial charge is 0.348 e. The van der Waals surface area contributed by atoms with Gasteiger partial charge in [-0.1, -0.05) is 34.7 Å². The first-order valence-electron chi connectivity index (χ1n) is 4.18. The van der Waals surface area contributed by atoms with Crippen molar-refractivity contribution in [1.29, 1.82) is 0 Å². The van der Waals surface area contributed by atoms with E-state index in [0.717, 1.165) is 4.90 Å². The molecule has 0 amide bonds. The molecule has 0 unspecified atom stereocenters. The standard InChI is InChI=1S/C9H5ClN2OS3/c10-5-1-3-6(4-2-5)15-9-12-7(13)11-8(14)16-9/h1-4H,(H,11,13,14). The number of aromatic nitrogens is 2. The molecule has 1 heterocycles. The summed E-state index contributed by atoms with van der Waals surface area (Å²) in [7, 11) is 0. The molecule has 1 aromatic carbocycles. The van der Waals surface area contributed by atoms with E-state index in [-0.39, 0.29) is 0 Å². The third-order valence-electron chi connectivity index (χ3n) is 1.60. The van der Waals surface area contributed by atoms with E-state index in [0.29, 0.717) is 13.3 Å². The Morgan fingerprint density at radius 3 is 2.69 bits per heavy atom. The Hall–Kier alpha value is -0.690. The molecular formula is C9H5ClN2OS3. The van der Waals surface area contributed by atoms with Crippen LogP contribution in [-0.2, 0) is 0 Å². The van der Waals surface area contributed by atoms with Gasteiger partial charge < -0.3 is 0 Å². The number of nitrogens with one attached hydrogen (secondary N) is 1. The molecule has 0 aliphatic carbocycles. The van der Waals surface area contributed by atoms with E-state index in [1.807, 2.05) is 12.1 Å². The molecule has 2 rings (SSSR count). The minimum absolute atomic E-state index is 0.416. The summed E-state index contributed by atoms with van der Waals surface area (Å²) in [6, 6.07) is 7.31. The topological polar surface area (TPSA) is 45.8 Å². The maximum Gasteiger partial charge on any atom is 0.348 e. The zero-order chi connectivity index (χ0) is 11.5. The summed E-state index contributed by atoms with van der Waals surface area (Å²) < 4.78 is 1.05. The molecule has 1 aromatic heterocycles. The molecule has 0 saturated carbocycles. The quantitative estimate of drug-likeness (QED) is 0.861. The van der Waals surface area contributed by atoms with Crippen molar-refractivity contribution < 1.29 is 0 Å². The third-order valence-corrected chi connectivity index (χ3v) is 4.03. The maximum atomic E-state index is 11.1. The van der Waals surface area contributed by atoms with Crippen molar-refractivity contribution in [2.45, 2.75) is 9.24 Å². The fraction of sp³-hybridized carbons (Fsp3) is 0. The second kappa shape index (κ2) is 5.09. The molecule has 0 bridgehead atoms. The Bertz CT molecular complexity index is 577. The van der Waals surface area contributed by atoms with Crippen LogP contribution in [0, 0.1) is 3.95 Å². The first-order valence-corrected chi connectivity index (χ1v) is 6.60. The summed E-state index contributed by atoms with van der Waals surface area (Å²) in [4.78, 5) is 18.3. The third kappa shape index (κ3) is 3.15. The number of hydrogen-bond donors (Lipinski definition) is 1. The van der Waals surface area contributed by atoms with Crippen molar-refractivity contribution in [1.82, 2.24) is 9.97 Å². The van der Waals surface area contributed by atoms with Gasteiger partial charge in [-0.15, -0.1) is 0 Å². The number of halogens is 1. The molecule has 2 aromatic rings. The minimum atomic E-state index is -0.416. The van der Waals surface area contributed by atoms with Crippen LogP contribution >= 0.6 is 46.9 Å². The molecule has 0 fully saturated rings. The lowest BCUT2D eigenvalue weighted by atomic mass is 10.4. The van der Waals surface area contributed by atoms with Crippen molar-refractivity contribution in [2.24, 2.45) is 0 Å². The Morgan fingerprint density at radius 1 is 1.38 bits per heavy atom. The van der Waals surface area contributed by atoms with E-state index in [4.69, 9.17) is 23.8 Å². The van der Waals surface area contributed by atoms with Crippen LogP contribution in [0.5, 0.6) is 0 Å². The zero-order valence-electron chi connectivity index (χ0n) is 7.77. The van der Waals surface area contributed by atoms with Gasteiger partial charge in [-0.2, -0.15) is 4.98 Å². The van der Waals surface area contributed by atoms with Crippen LogP contribution in [0.3, 0.4) is 0 Å². The number of rotatable bonds is 2. The monoisotopic (exact) mass is 288 g/mol. The summed E-state index contributed by atoms with van der Waals surface area (Å²) >= 11 is 13.3. The fourth-order valence-electron chi connectivity index (χ4n) is 0.973. The molecule has 3 nitrogen and oxygen atoms in total. The molecule has 0 aliphatic heterocycles. The van der Waals surface area contributed by atoms with Gasteiger partial charge >= 0.3 is 5.69 Å². The second-order valence-electron chi connectivity index (χ2n) is 2.75. The molecule has 16 heavy (non-hydrogen) atoms. The van der Waals surface area contributed by atoms with Crippen LogP contribution in [0.25, 0.3) is 0 Å². The van der Waals surface area contributed by atoms with Crippen LogP contribution in [0.15, 0.2) is 38.3 Å². The lowest BCUT2D eigenvalue weighted by Gasteiger charge is -1.98. The van der Waals surface area contributed by atoms with Gasteiger partial charge in [0.1, 0.15) is 0 Å². The SMILES string of the molecule is O=c1nc(Sc2ccc(Cl)cc2)sc(=S)[nH]1. The van der Waals surface area contributed by atoms with Gasteiger partial charge in [-0.05, 0) is 36.5 Å². The smallest absolute Gasteiger partial charge is 0.288 e. The van der Waals surface area contributed by atoms with Crippen LogP contribution in [0.2, 0.25) is 5.02 Å². The number of nitrogens with zero attached hydrogens (tertiary/aromatic N) is 1. The lowest BCUT2D eigenvalue weighted by molar-refractivity contribution is 1.03. The van der Waals surface area contributed by atoms with Crippen molar-refractivity contribution in [3.63, 3.8) is 0 Å². The molecule has 0 spiro atoms. The first-order chi connectivity index (χ1) is 7.63. The van der Waals surface area contributed by atoms with Gasteiger partial charge in [0.05, 0.1) is 0 Å². The van der Waals surface area contributed by atoms with Crippen LogP contribution < -0.4 is 5.69 Å². The predicted octanol–water partition coefficient (Wildman–Crippen LogP) is 3.37. The average Bonchev–Trinajstić information content (AvgIpc) is 2.20. The van der Waals surface area contributed by atoms with Gasteiger partial charge in [0.25, 0.3) is 0 Å². The molecule has 1 N–H and O–H groups in total. The van der Waals surface area contributed by atoms with Gasteiger partial charge in [-0.25, -0.2) is 4.79 Å². The van der Waals surface area contributed by atoms with Gasteiger partial charge in [0, 0.05) is 9.92 Å². The van der Waals surface area contributed by atoms with E-state index < -0.39 is 5.69 Å². The number of H-pyrrole nitrogens is 1. The van der Waals surface area contributed by atoms with Crippen molar-refractivity contribution in [2.75, 3.05) is 0 Å². The average molecular weight is 289 g/mol.